The van der Waals surface area contributed by atoms with Crippen molar-refractivity contribution in [2.45, 2.75) is 451 Å². The largest absolute Gasteiger partial charge is 0.497 e. The summed E-state index contributed by atoms with van der Waals surface area (Å²) in [7, 11) is -8.28. The Balaban J connectivity index is 1.74. The molecule has 4 fully saturated rings. The maximum Gasteiger partial charge on any atom is 0.328 e. The molecule has 4 saturated heterocycles. The third-order valence-corrected chi connectivity index (χ3v) is 52.8. The zero-order valence-corrected chi connectivity index (χ0v) is 82.1. The van der Waals surface area contributed by atoms with Gasteiger partial charge in [-0.05, 0) is 205 Å². The Bertz CT molecular complexity index is 2910. The van der Waals surface area contributed by atoms with Crippen molar-refractivity contribution in [3.8, 4) is 5.75 Å². The van der Waals surface area contributed by atoms with Crippen LogP contribution in [0.15, 0.2) is 48.6 Å². The number of aliphatic hydroxyl groups excluding tert-OH is 1. The standard InChI is InChI=1S/C90H170O17Si5/c1-32-73(104-112(42-11,43-12)64(13)14)58-76-66(16)52-56-90(100-76)61-75(91)68(18)78(101-90)59-79(96-63-71-48-50-74(94-28)51-49-71)72(57-65(15)62-97-108(30,31)86(21,22)23)47-45-44-46-54-88(26,106-110(36-5,37-6)38-7)85(105-109(33-2,34-3)35-4)83(99-81-60-77(95-29)67(17)70(20)98-81)82-69(19)84(103-87(24,25)102-82)89(27,55-53-80(92)93)107-111(39-8,40-9)41-10/h45,47-51,53,55,64-70,72-73,75-79,81-85,91H,32-44,46,52,54,56-63H2,1-31H3,(H,92,93)/b47-45+,55-53+/t65-,66-,67+,68-,69+,70+,72?,73+,75?,76-,77-,78?,79?,81+,82+,83-,84-,85+,88+,89+,90?/m0/s1. The molecule has 1 aromatic rings. The van der Waals surface area contributed by atoms with Crippen LogP contribution in [-0.4, -0.2) is 175 Å². The van der Waals surface area contributed by atoms with Crippen LogP contribution < -0.4 is 4.74 Å². The van der Waals surface area contributed by atoms with E-state index < -0.39 is 113 Å². The number of aliphatic carboxylic acids is 1. The Morgan fingerprint density at radius 3 is 1.82 bits per heavy atom. The minimum atomic E-state index is -2.62. The number of hydrogen-bond donors (Lipinski definition) is 2. The van der Waals surface area contributed by atoms with Crippen molar-refractivity contribution in [3.63, 3.8) is 0 Å². The predicted molar refractivity (Wildman–Crippen MR) is 471 cm³/mol. The maximum absolute atomic E-state index is 12.8. The first-order valence-corrected chi connectivity index (χ1v) is 57.8. The maximum atomic E-state index is 12.8. The summed E-state index contributed by atoms with van der Waals surface area (Å²) in [5, 5.41) is 23.0. The monoisotopic (exact) mass is 1660 g/mol. The number of hydrogen-bond acceptors (Lipinski definition) is 16. The molecule has 0 aliphatic carbocycles. The number of ether oxygens (including phenoxy) is 9. The molecule has 112 heavy (non-hydrogen) atoms. The van der Waals surface area contributed by atoms with Crippen LogP contribution in [0.3, 0.4) is 0 Å². The van der Waals surface area contributed by atoms with Gasteiger partial charge in [0.2, 0.25) is 0 Å². The van der Waals surface area contributed by atoms with Crippen molar-refractivity contribution >= 4 is 47.6 Å². The average molecular weight is 1660 g/mol. The highest BCUT2D eigenvalue weighted by Crippen LogP contribution is 2.51. The van der Waals surface area contributed by atoms with Gasteiger partial charge in [-0.2, -0.15) is 0 Å². The second-order valence-electron chi connectivity index (χ2n) is 37.8. The number of allylic oxidation sites excluding steroid dienone is 1. The van der Waals surface area contributed by atoms with E-state index in [4.69, 9.17) is 64.8 Å². The molecule has 0 radical (unpaired) electrons. The second-order valence-corrected chi connectivity index (χ2v) is 61.6. The molecule has 0 bridgehead atoms. The molecule has 5 unspecified atom stereocenters. The van der Waals surface area contributed by atoms with Gasteiger partial charge in [0.1, 0.15) is 18.0 Å². The highest BCUT2D eigenvalue weighted by atomic mass is 28.4. The van der Waals surface area contributed by atoms with Gasteiger partial charge >= 0.3 is 5.97 Å². The van der Waals surface area contributed by atoms with Crippen LogP contribution in [0, 0.1) is 35.5 Å². The highest BCUT2D eigenvalue weighted by molar-refractivity contribution is 6.76. The van der Waals surface area contributed by atoms with E-state index >= 15 is 0 Å². The third-order valence-electron chi connectivity index (χ3n) is 28.8. The molecule has 1 spiro atoms. The minimum Gasteiger partial charge on any atom is -0.497 e. The summed E-state index contributed by atoms with van der Waals surface area (Å²) in [5.41, 5.74) is -0.577. The molecule has 2 N–H and O–H groups in total. The summed E-state index contributed by atoms with van der Waals surface area (Å²) in [6.45, 7) is 66.3. The lowest BCUT2D eigenvalue weighted by Gasteiger charge is -2.57. The Kier molecular flexibility index (Phi) is 40.0. The van der Waals surface area contributed by atoms with Crippen LogP contribution in [0.25, 0.3) is 0 Å². The molecular formula is C90H170O17Si5. The van der Waals surface area contributed by atoms with Crippen molar-refractivity contribution in [1.82, 2.24) is 0 Å². The van der Waals surface area contributed by atoms with Crippen molar-refractivity contribution < 1.29 is 79.8 Å². The molecule has 5 rings (SSSR count). The number of aliphatic hydroxyl groups is 1. The van der Waals surface area contributed by atoms with Gasteiger partial charge in [-0.1, -0.05) is 177 Å². The molecule has 1 aromatic carbocycles. The van der Waals surface area contributed by atoms with Gasteiger partial charge in [0.15, 0.2) is 59.5 Å². The Hall–Kier alpha value is -1.51. The fourth-order valence-corrected chi connectivity index (χ4v) is 32.5. The summed E-state index contributed by atoms with van der Waals surface area (Å²) < 4.78 is 103. The fraction of sp³-hybridized carbons (Fsp3) is 0.878. The van der Waals surface area contributed by atoms with Crippen LogP contribution in [0.1, 0.15) is 263 Å². The first kappa shape index (κ1) is 101. The summed E-state index contributed by atoms with van der Waals surface area (Å²) in [6, 6.07) is 18.4. The van der Waals surface area contributed by atoms with E-state index in [1.165, 1.54) is 6.08 Å². The molecule has 0 saturated carbocycles. The van der Waals surface area contributed by atoms with Gasteiger partial charge < -0.3 is 75.0 Å². The van der Waals surface area contributed by atoms with Crippen molar-refractivity contribution in [3.05, 3.63) is 54.1 Å². The molecule has 0 aromatic heterocycles. The van der Waals surface area contributed by atoms with E-state index in [0.29, 0.717) is 56.8 Å². The van der Waals surface area contributed by atoms with E-state index in [2.05, 4.69) is 204 Å². The lowest BCUT2D eigenvalue weighted by Crippen LogP contribution is -2.68. The number of carboxylic acid groups (broad SMARTS) is 1. The molecule has 21 atom stereocenters. The minimum absolute atomic E-state index is 0.0387. The SMILES string of the molecule is CC[C@H](C[C@@H]1OC2(CC[C@@H]1C)CC(O)[C@H](C)C(CC(OCc1ccc(OC)cc1)C(/C=C/CCC[C@@](C)(O[Si](CC)(CC)CC)[C@H](O[Si](CC)(CC)CC)[C@@H](O[C@@H]1C[C@H](OC)[C@H](C)[C@@H](C)O1)[C@@H]1OC(C)(C)O[C@H]([C@@](C)(/C=C/C(=O)O)O[Si](CC)(CC)CC)[C@@H]1C)C[C@H](C)CO[Si](C)(C)C(C)(C)C)O2)O[Si](CC)(CC)C(C)C. The molecule has 652 valence electrons. The Morgan fingerprint density at radius 2 is 1.29 bits per heavy atom. The highest BCUT2D eigenvalue weighted by Gasteiger charge is 2.60. The van der Waals surface area contributed by atoms with Crippen molar-refractivity contribution in [2.75, 3.05) is 20.8 Å². The lowest BCUT2D eigenvalue weighted by atomic mass is 9.78. The smallest absolute Gasteiger partial charge is 0.328 e. The van der Waals surface area contributed by atoms with Gasteiger partial charge in [0.25, 0.3) is 0 Å². The first-order valence-electron chi connectivity index (χ1n) is 44.9. The van der Waals surface area contributed by atoms with Gasteiger partial charge in [-0.15, -0.1) is 0 Å². The van der Waals surface area contributed by atoms with Crippen LogP contribution in [0.5, 0.6) is 5.75 Å². The third kappa shape index (κ3) is 26.5. The summed E-state index contributed by atoms with van der Waals surface area (Å²) in [6.07, 6.45) is 10.3. The number of unbranched alkanes of at least 4 members (excludes halogenated alkanes) is 1. The summed E-state index contributed by atoms with van der Waals surface area (Å²) >= 11 is 0. The molecule has 0 amide bonds. The summed E-state index contributed by atoms with van der Waals surface area (Å²) in [4.78, 5) is 12.8. The van der Waals surface area contributed by atoms with E-state index in [1.807, 2.05) is 32.9 Å². The number of methoxy groups -OCH3 is 2. The van der Waals surface area contributed by atoms with Gasteiger partial charge in [-0.25, -0.2) is 4.79 Å². The average Bonchev–Trinajstić information content (AvgIpc) is 0.705. The normalized spacial score (nSPS) is 28.8. The van der Waals surface area contributed by atoms with Gasteiger partial charge in [-0.3, -0.25) is 0 Å². The van der Waals surface area contributed by atoms with E-state index in [-0.39, 0.29) is 65.3 Å². The number of carbonyl (C=O) groups is 1. The lowest BCUT2D eigenvalue weighted by molar-refractivity contribution is -0.370. The predicted octanol–water partition coefficient (Wildman–Crippen LogP) is 23.2. The van der Waals surface area contributed by atoms with Crippen LogP contribution in [0.4, 0.5) is 0 Å². The molecule has 22 heteroatoms. The van der Waals surface area contributed by atoms with Gasteiger partial charge in [0, 0.05) is 75.3 Å². The fourth-order valence-electron chi connectivity index (χ4n) is 18.6. The zero-order valence-electron chi connectivity index (χ0n) is 77.1. The molecule has 4 aliphatic heterocycles. The van der Waals surface area contributed by atoms with Crippen LogP contribution >= 0.6 is 0 Å². The van der Waals surface area contributed by atoms with Crippen LogP contribution in [0.2, 0.25) is 90.2 Å². The van der Waals surface area contributed by atoms with E-state index in [1.54, 1.807) is 20.3 Å². The quantitative estimate of drug-likeness (QED) is 0.0271. The molecular weight excluding hydrogens is 1490 g/mol. The number of rotatable bonds is 49. The van der Waals surface area contributed by atoms with Crippen LogP contribution in [-0.2, 0) is 71.4 Å². The number of benzene rings is 1. The van der Waals surface area contributed by atoms with Crippen molar-refractivity contribution in [1.29, 1.82) is 0 Å². The first-order chi connectivity index (χ1) is 52.5. The zero-order chi connectivity index (χ0) is 84.2. The molecule has 4 heterocycles. The molecule has 4 aliphatic rings. The molecule has 17 nitrogen and oxygen atoms in total. The second kappa shape index (κ2) is 44.3. The Morgan fingerprint density at radius 1 is 0.714 bits per heavy atom. The van der Waals surface area contributed by atoms with Crippen molar-refractivity contribution in [2.24, 2.45) is 35.5 Å². The Labute approximate surface area is 690 Å². The van der Waals surface area contributed by atoms with Gasteiger partial charge in [0.05, 0.1) is 73.8 Å². The topological polar surface area (TPSA) is 187 Å². The van der Waals surface area contributed by atoms with E-state index in [0.717, 1.165) is 116 Å². The summed E-state index contributed by atoms with van der Waals surface area (Å²) in [5.74, 6) is -2.56. The van der Waals surface area contributed by atoms with E-state index in [9.17, 15) is 15.0 Å². The number of carboxylic acids is 1.